The molecule has 0 aliphatic heterocycles. The van der Waals surface area contributed by atoms with E-state index in [1.165, 1.54) is 5.56 Å². The molecule has 0 spiro atoms. The van der Waals surface area contributed by atoms with E-state index in [1.807, 2.05) is 50.2 Å². The molecule has 1 atom stereocenters. The third kappa shape index (κ3) is 4.31. The van der Waals surface area contributed by atoms with Gasteiger partial charge in [-0.2, -0.15) is 0 Å². The van der Waals surface area contributed by atoms with E-state index in [0.717, 1.165) is 11.4 Å². The molecule has 1 unspecified atom stereocenters. The average Bonchev–Trinajstić information content (AvgIpc) is 2.48. The first-order chi connectivity index (χ1) is 10.1. The van der Waals surface area contributed by atoms with E-state index in [4.69, 9.17) is 0 Å². The second-order valence-electron chi connectivity index (χ2n) is 5.37. The molecule has 4 nitrogen and oxygen atoms in total. The van der Waals surface area contributed by atoms with Gasteiger partial charge in [0.15, 0.2) is 0 Å². The summed E-state index contributed by atoms with van der Waals surface area (Å²) in [5.74, 6) is -0.00769. The third-order valence-corrected chi connectivity index (χ3v) is 3.24. The average molecular weight is 283 g/mol. The Balaban J connectivity index is 2.06. The summed E-state index contributed by atoms with van der Waals surface area (Å²) < 4.78 is 0. The van der Waals surface area contributed by atoms with Crippen LogP contribution in [-0.4, -0.2) is 10.9 Å². The molecule has 1 aromatic carbocycles. The Kier molecular flexibility index (Phi) is 4.93. The van der Waals surface area contributed by atoms with Crippen molar-refractivity contribution in [3.8, 4) is 0 Å². The highest BCUT2D eigenvalue weighted by Crippen LogP contribution is 2.21. The maximum atomic E-state index is 11.7. The van der Waals surface area contributed by atoms with E-state index in [-0.39, 0.29) is 17.9 Å². The minimum Gasteiger partial charge on any atom is -0.378 e. The highest BCUT2D eigenvalue weighted by Gasteiger charge is 2.08. The Morgan fingerprint density at radius 3 is 2.38 bits per heavy atom. The smallest absolute Gasteiger partial charge is 0.226 e. The zero-order valence-electron chi connectivity index (χ0n) is 12.6. The summed E-state index contributed by atoms with van der Waals surface area (Å²) in [5, 5.41) is 6.33. The van der Waals surface area contributed by atoms with Gasteiger partial charge in [0.05, 0.1) is 0 Å². The largest absolute Gasteiger partial charge is 0.378 e. The number of rotatable bonds is 5. The highest BCUT2D eigenvalue weighted by molar-refractivity contribution is 5.92. The van der Waals surface area contributed by atoms with Gasteiger partial charge in [-0.3, -0.25) is 9.78 Å². The van der Waals surface area contributed by atoms with Crippen molar-refractivity contribution in [3.05, 3.63) is 54.4 Å². The molecule has 0 saturated heterocycles. The number of carbonyl (C=O) groups is 1. The summed E-state index contributed by atoms with van der Waals surface area (Å²) in [6.07, 6.45) is 3.57. The first kappa shape index (κ1) is 15.0. The van der Waals surface area contributed by atoms with Gasteiger partial charge in [0, 0.05) is 35.7 Å². The van der Waals surface area contributed by atoms with Crippen molar-refractivity contribution in [1.29, 1.82) is 0 Å². The van der Waals surface area contributed by atoms with Crippen LogP contribution in [-0.2, 0) is 4.79 Å². The third-order valence-electron chi connectivity index (χ3n) is 3.24. The lowest BCUT2D eigenvalue weighted by Gasteiger charge is -2.16. The molecule has 0 saturated carbocycles. The normalized spacial score (nSPS) is 12.0. The number of pyridine rings is 1. The molecule has 0 fully saturated rings. The fourth-order valence-electron chi connectivity index (χ4n) is 1.96. The monoisotopic (exact) mass is 283 g/mol. The van der Waals surface area contributed by atoms with Gasteiger partial charge in [0.2, 0.25) is 5.91 Å². The molecule has 110 valence electrons. The minimum atomic E-state index is -0.0302. The minimum absolute atomic E-state index is 0.0225. The van der Waals surface area contributed by atoms with E-state index < -0.39 is 0 Å². The van der Waals surface area contributed by atoms with Crippen LogP contribution in [0.3, 0.4) is 0 Å². The van der Waals surface area contributed by atoms with Crippen molar-refractivity contribution in [2.24, 2.45) is 5.92 Å². The molecule has 0 aliphatic rings. The Morgan fingerprint density at radius 1 is 1.05 bits per heavy atom. The van der Waals surface area contributed by atoms with Gasteiger partial charge >= 0.3 is 0 Å². The molecule has 0 radical (unpaired) electrons. The van der Waals surface area contributed by atoms with Crippen LogP contribution in [0.1, 0.15) is 32.4 Å². The van der Waals surface area contributed by atoms with Crippen LogP contribution >= 0.6 is 0 Å². The lowest BCUT2D eigenvalue weighted by atomic mass is 10.1. The molecule has 2 rings (SSSR count). The summed E-state index contributed by atoms with van der Waals surface area (Å²) >= 11 is 0. The maximum absolute atomic E-state index is 11.7. The number of nitrogens with one attached hydrogen (secondary N) is 2. The number of aromatic nitrogens is 1. The number of hydrogen-bond acceptors (Lipinski definition) is 3. The number of hydrogen-bond donors (Lipinski definition) is 2. The molecule has 21 heavy (non-hydrogen) atoms. The van der Waals surface area contributed by atoms with Crippen LogP contribution in [0, 0.1) is 5.92 Å². The summed E-state index contributed by atoms with van der Waals surface area (Å²) in [6, 6.07) is 11.9. The SMILES string of the molecule is CC(C)C(=O)Nc1cccc(NC(C)c2ccncc2)c1. The van der Waals surface area contributed by atoms with Crippen LogP contribution in [0.5, 0.6) is 0 Å². The van der Waals surface area contributed by atoms with Crippen LogP contribution in [0.15, 0.2) is 48.8 Å². The predicted octanol–water partition coefficient (Wildman–Crippen LogP) is 3.85. The summed E-state index contributed by atoms with van der Waals surface area (Å²) in [6.45, 7) is 5.85. The van der Waals surface area contributed by atoms with Crippen molar-refractivity contribution in [2.45, 2.75) is 26.8 Å². The van der Waals surface area contributed by atoms with E-state index in [1.54, 1.807) is 12.4 Å². The number of carbonyl (C=O) groups excluding carboxylic acids is 1. The van der Waals surface area contributed by atoms with Crippen molar-refractivity contribution >= 4 is 17.3 Å². The standard InChI is InChI=1S/C17H21N3O/c1-12(2)17(21)20-16-6-4-5-15(11-16)19-13(3)14-7-9-18-10-8-14/h4-13,19H,1-3H3,(H,20,21). The molecule has 4 heteroatoms. The number of anilines is 2. The molecule has 1 heterocycles. The fraction of sp³-hybridized carbons (Fsp3) is 0.294. The van der Waals surface area contributed by atoms with Crippen LogP contribution in [0.2, 0.25) is 0 Å². The van der Waals surface area contributed by atoms with Gasteiger partial charge < -0.3 is 10.6 Å². The van der Waals surface area contributed by atoms with Crippen LogP contribution in [0.4, 0.5) is 11.4 Å². The van der Waals surface area contributed by atoms with Crippen LogP contribution < -0.4 is 10.6 Å². The molecule has 1 amide bonds. The molecule has 0 bridgehead atoms. The van der Waals surface area contributed by atoms with E-state index in [0.29, 0.717) is 0 Å². The number of benzene rings is 1. The molecular weight excluding hydrogens is 262 g/mol. The van der Waals surface area contributed by atoms with Gasteiger partial charge in [-0.05, 0) is 42.8 Å². The fourth-order valence-corrected chi connectivity index (χ4v) is 1.96. The Hall–Kier alpha value is -2.36. The Bertz CT molecular complexity index is 596. The first-order valence-corrected chi connectivity index (χ1v) is 7.13. The van der Waals surface area contributed by atoms with Crippen LogP contribution in [0.25, 0.3) is 0 Å². The Morgan fingerprint density at radius 2 is 1.71 bits per heavy atom. The van der Waals surface area contributed by atoms with Crippen molar-refractivity contribution < 1.29 is 4.79 Å². The Labute approximate surface area is 125 Å². The first-order valence-electron chi connectivity index (χ1n) is 7.13. The molecule has 0 aliphatic carbocycles. The lowest BCUT2D eigenvalue weighted by molar-refractivity contribution is -0.118. The topological polar surface area (TPSA) is 54.0 Å². The molecule has 2 aromatic rings. The van der Waals surface area contributed by atoms with Crippen molar-refractivity contribution in [3.63, 3.8) is 0 Å². The van der Waals surface area contributed by atoms with Gasteiger partial charge in [-0.15, -0.1) is 0 Å². The van der Waals surface area contributed by atoms with Crippen molar-refractivity contribution in [2.75, 3.05) is 10.6 Å². The van der Waals surface area contributed by atoms with Gasteiger partial charge in [0.1, 0.15) is 0 Å². The lowest BCUT2D eigenvalue weighted by Crippen LogP contribution is -2.17. The number of nitrogens with zero attached hydrogens (tertiary/aromatic N) is 1. The predicted molar refractivity (Wildman–Crippen MR) is 86.2 cm³/mol. The zero-order chi connectivity index (χ0) is 15.2. The highest BCUT2D eigenvalue weighted by atomic mass is 16.1. The van der Waals surface area contributed by atoms with Gasteiger partial charge in [-0.1, -0.05) is 19.9 Å². The maximum Gasteiger partial charge on any atom is 0.226 e. The van der Waals surface area contributed by atoms with Gasteiger partial charge in [0.25, 0.3) is 0 Å². The van der Waals surface area contributed by atoms with E-state index >= 15 is 0 Å². The quantitative estimate of drug-likeness (QED) is 0.876. The number of amides is 1. The molecular formula is C17H21N3O. The second kappa shape index (κ2) is 6.88. The van der Waals surface area contributed by atoms with E-state index in [9.17, 15) is 4.79 Å². The summed E-state index contributed by atoms with van der Waals surface area (Å²) in [4.78, 5) is 15.8. The van der Waals surface area contributed by atoms with E-state index in [2.05, 4.69) is 22.5 Å². The molecule has 2 N–H and O–H groups in total. The second-order valence-corrected chi connectivity index (χ2v) is 5.37. The summed E-state index contributed by atoms with van der Waals surface area (Å²) in [5.41, 5.74) is 2.95. The van der Waals surface area contributed by atoms with Crippen molar-refractivity contribution in [1.82, 2.24) is 4.98 Å². The van der Waals surface area contributed by atoms with Gasteiger partial charge in [-0.25, -0.2) is 0 Å². The zero-order valence-corrected chi connectivity index (χ0v) is 12.6. The summed E-state index contributed by atoms with van der Waals surface area (Å²) in [7, 11) is 0. The molecule has 1 aromatic heterocycles.